The number of para-hydroxylation sites is 1. The number of nitrogens with zero attached hydrogens (tertiary/aromatic N) is 2. The fraction of sp³-hybridized carbons (Fsp3) is 0.394. The van der Waals surface area contributed by atoms with Crippen LogP contribution in [-0.4, -0.2) is 46.7 Å². The highest BCUT2D eigenvalue weighted by Gasteiger charge is 2.66. The minimum Gasteiger partial charge on any atom is -0.395 e. The lowest BCUT2D eigenvalue weighted by Gasteiger charge is -2.32. The van der Waals surface area contributed by atoms with Crippen LogP contribution in [0.1, 0.15) is 43.9 Å². The molecule has 0 unspecified atom stereocenters. The average molecular weight is 671 g/mol. The maximum absolute atomic E-state index is 16.0. The van der Waals surface area contributed by atoms with E-state index in [1.807, 2.05) is 85.8 Å². The molecular weight excluding hydrogens is 634 g/mol. The summed E-state index contributed by atoms with van der Waals surface area (Å²) in [4.78, 5) is 31.4. The summed E-state index contributed by atoms with van der Waals surface area (Å²) in [5.74, 6) is -1.73. The van der Waals surface area contributed by atoms with E-state index in [0.29, 0.717) is 18.7 Å². The summed E-state index contributed by atoms with van der Waals surface area (Å²) in [5, 5.41) is 9.69. The first kappa shape index (κ1) is 29.7. The average Bonchev–Trinajstić information content (AvgIpc) is 3.36. The first-order valence-electron chi connectivity index (χ1n) is 14.0. The molecular formula is C33H36FIN2O4. The molecule has 0 aliphatic carbocycles. The first-order chi connectivity index (χ1) is 19.6. The van der Waals surface area contributed by atoms with E-state index in [2.05, 4.69) is 22.6 Å². The molecule has 2 amide bonds. The van der Waals surface area contributed by atoms with Gasteiger partial charge < -0.3 is 19.6 Å². The summed E-state index contributed by atoms with van der Waals surface area (Å²) in [6.45, 7) is 5.51. The van der Waals surface area contributed by atoms with Gasteiger partial charge in [-0.1, -0.05) is 67.6 Å². The van der Waals surface area contributed by atoms with Gasteiger partial charge in [-0.25, -0.2) is 4.39 Å². The van der Waals surface area contributed by atoms with Crippen molar-refractivity contribution in [2.75, 3.05) is 18.1 Å². The molecule has 216 valence electrons. The number of aliphatic hydroxyl groups is 1. The van der Waals surface area contributed by atoms with Gasteiger partial charge in [0.05, 0.1) is 31.4 Å². The van der Waals surface area contributed by atoms with Crippen LogP contribution < -0.4 is 4.90 Å². The highest BCUT2D eigenvalue weighted by atomic mass is 127. The largest absolute Gasteiger partial charge is 0.395 e. The van der Waals surface area contributed by atoms with Crippen molar-refractivity contribution in [2.45, 2.75) is 57.7 Å². The molecule has 5 rings (SSSR count). The Balaban J connectivity index is 1.48. The summed E-state index contributed by atoms with van der Waals surface area (Å²) >= 11 is 2.25. The molecule has 8 heteroatoms. The number of halogens is 2. The van der Waals surface area contributed by atoms with Crippen molar-refractivity contribution >= 4 is 40.1 Å². The second-order valence-corrected chi connectivity index (χ2v) is 12.8. The predicted octanol–water partition coefficient (Wildman–Crippen LogP) is 5.84. The van der Waals surface area contributed by atoms with Crippen LogP contribution >= 0.6 is 22.6 Å². The molecule has 1 spiro atoms. The molecule has 2 aliphatic heterocycles. The predicted molar refractivity (Wildman–Crippen MR) is 165 cm³/mol. The Labute approximate surface area is 254 Å². The van der Waals surface area contributed by atoms with E-state index in [1.54, 1.807) is 9.80 Å². The summed E-state index contributed by atoms with van der Waals surface area (Å²) in [5.41, 5.74) is 0.254. The third-order valence-electron chi connectivity index (χ3n) is 8.41. The van der Waals surface area contributed by atoms with Crippen LogP contribution in [-0.2, 0) is 33.0 Å². The Kier molecular flexibility index (Phi) is 8.55. The lowest BCUT2D eigenvalue weighted by atomic mass is 9.71. The lowest BCUT2D eigenvalue weighted by molar-refractivity contribution is -0.150. The molecule has 1 saturated heterocycles. The highest BCUT2D eigenvalue weighted by molar-refractivity contribution is 14.1. The summed E-state index contributed by atoms with van der Waals surface area (Å²) in [6.07, 6.45) is -0.924. The monoisotopic (exact) mass is 670 g/mol. The second-order valence-electron chi connectivity index (χ2n) is 11.5. The Hall–Kier alpha value is -2.82. The van der Waals surface area contributed by atoms with Crippen LogP contribution in [0.25, 0.3) is 0 Å². The van der Waals surface area contributed by atoms with Crippen LogP contribution in [0.4, 0.5) is 10.1 Å². The van der Waals surface area contributed by atoms with Gasteiger partial charge in [-0.2, -0.15) is 0 Å². The van der Waals surface area contributed by atoms with Gasteiger partial charge in [-0.05, 0) is 65.8 Å². The molecule has 1 fully saturated rings. The van der Waals surface area contributed by atoms with E-state index in [4.69, 9.17) is 4.74 Å². The van der Waals surface area contributed by atoms with Crippen molar-refractivity contribution in [1.82, 2.24) is 4.90 Å². The van der Waals surface area contributed by atoms with Gasteiger partial charge in [-0.3, -0.25) is 9.59 Å². The number of fused-ring (bicyclic) bond motifs is 2. The van der Waals surface area contributed by atoms with Gasteiger partial charge >= 0.3 is 0 Å². The number of carbonyl (C=O) groups excluding carboxylic acids is 2. The summed E-state index contributed by atoms with van der Waals surface area (Å²) in [6, 6.07) is 25.1. The number of hydrogen-bond acceptors (Lipinski definition) is 4. The molecule has 0 bridgehead atoms. The minimum absolute atomic E-state index is 0.0940. The number of benzene rings is 3. The fourth-order valence-corrected chi connectivity index (χ4v) is 7.30. The van der Waals surface area contributed by atoms with E-state index in [9.17, 15) is 14.7 Å². The molecule has 3 aromatic rings. The number of carbonyl (C=O) groups is 2. The molecule has 0 saturated carbocycles. The molecule has 0 aromatic heterocycles. The number of aliphatic hydroxyl groups excluding tert-OH is 1. The summed E-state index contributed by atoms with van der Waals surface area (Å²) in [7, 11) is 0. The molecule has 3 aromatic carbocycles. The zero-order chi connectivity index (χ0) is 29.4. The Morgan fingerprint density at radius 1 is 1.07 bits per heavy atom. The van der Waals surface area contributed by atoms with E-state index in [1.165, 1.54) is 13.8 Å². The fourth-order valence-electron chi connectivity index (χ4n) is 6.69. The van der Waals surface area contributed by atoms with Crippen molar-refractivity contribution in [3.05, 3.63) is 99.1 Å². The second kappa shape index (κ2) is 11.8. The van der Waals surface area contributed by atoms with Crippen LogP contribution in [0.5, 0.6) is 0 Å². The maximum Gasteiger partial charge on any atom is 0.264 e. The van der Waals surface area contributed by atoms with Gasteiger partial charge in [0.15, 0.2) is 5.60 Å². The Morgan fingerprint density at radius 3 is 2.44 bits per heavy atom. The number of ether oxygens (including phenoxy) is 1. The zero-order valence-corrected chi connectivity index (χ0v) is 25.8. The Bertz CT molecular complexity index is 1410. The quantitative estimate of drug-likeness (QED) is 0.291. The van der Waals surface area contributed by atoms with Gasteiger partial charge in [0, 0.05) is 34.1 Å². The van der Waals surface area contributed by atoms with Gasteiger partial charge in [0.25, 0.3) is 5.91 Å². The van der Waals surface area contributed by atoms with Crippen molar-refractivity contribution < 1.29 is 23.8 Å². The van der Waals surface area contributed by atoms with Crippen LogP contribution in [0.2, 0.25) is 0 Å². The molecule has 6 nitrogen and oxygen atoms in total. The van der Waals surface area contributed by atoms with E-state index in [0.717, 1.165) is 20.4 Å². The standard InChI is InChI=1S/C33H36FIN2O4/c1-22-30(32(2,3)34)28(19-29(39)36(16-17-38)20-23-10-5-4-6-11-23)41-33(22)26-14-7-8-15-27(26)37(31(33)40)21-24-12-9-13-25(35)18-24/h4-15,18,22,28,30,38H,16-17,19-21H2,1-3H3/t22-,28+,30-,33+/m1/s1. The number of alkyl halides is 1. The maximum atomic E-state index is 16.0. The Morgan fingerprint density at radius 2 is 1.76 bits per heavy atom. The van der Waals surface area contributed by atoms with Crippen LogP contribution in [0, 0.1) is 15.4 Å². The SMILES string of the molecule is C[C@@H]1[C@@H](C(C)(C)F)[C@H](CC(=O)N(CCO)Cc2ccccc2)O[C@@]12C(=O)N(Cc1cccc(I)c1)c1ccccc12. The van der Waals surface area contributed by atoms with Gasteiger partial charge in [0.1, 0.15) is 5.67 Å². The molecule has 2 heterocycles. The first-order valence-corrected chi connectivity index (χ1v) is 15.1. The van der Waals surface area contributed by atoms with Crippen molar-refractivity contribution in [3.63, 3.8) is 0 Å². The number of anilines is 1. The van der Waals surface area contributed by atoms with Gasteiger partial charge in [0.2, 0.25) is 5.91 Å². The topological polar surface area (TPSA) is 70.1 Å². The van der Waals surface area contributed by atoms with Crippen LogP contribution in [0.3, 0.4) is 0 Å². The van der Waals surface area contributed by atoms with E-state index >= 15 is 4.39 Å². The lowest BCUT2D eigenvalue weighted by Crippen LogP contribution is -2.45. The van der Waals surface area contributed by atoms with Crippen molar-refractivity contribution in [3.8, 4) is 0 Å². The van der Waals surface area contributed by atoms with E-state index in [-0.39, 0.29) is 31.4 Å². The molecule has 1 N–H and O–H groups in total. The molecule has 41 heavy (non-hydrogen) atoms. The normalized spacial score (nSPS) is 23.7. The number of rotatable bonds is 9. The minimum atomic E-state index is -1.71. The summed E-state index contributed by atoms with van der Waals surface area (Å²) < 4.78 is 23.8. The van der Waals surface area contributed by atoms with Crippen molar-refractivity contribution in [1.29, 1.82) is 0 Å². The molecule has 2 aliphatic rings. The third kappa shape index (κ3) is 5.66. The van der Waals surface area contributed by atoms with Gasteiger partial charge in [-0.15, -0.1) is 0 Å². The smallest absolute Gasteiger partial charge is 0.264 e. The third-order valence-corrected chi connectivity index (χ3v) is 9.08. The number of hydrogen-bond donors (Lipinski definition) is 1. The number of amides is 2. The van der Waals surface area contributed by atoms with Crippen molar-refractivity contribution in [2.24, 2.45) is 11.8 Å². The highest BCUT2D eigenvalue weighted by Crippen LogP contribution is 2.58. The molecule has 4 atom stereocenters. The van der Waals surface area contributed by atoms with Crippen LogP contribution in [0.15, 0.2) is 78.9 Å². The molecule has 0 radical (unpaired) electrons. The zero-order valence-electron chi connectivity index (χ0n) is 23.6. The van der Waals surface area contributed by atoms with E-state index < -0.39 is 29.2 Å².